The lowest BCUT2D eigenvalue weighted by molar-refractivity contribution is -0.137. The van der Waals surface area contributed by atoms with Crippen molar-refractivity contribution in [2.45, 2.75) is 18.9 Å². The van der Waals surface area contributed by atoms with E-state index in [-0.39, 0.29) is 12.5 Å². The number of carboxylic acids is 1. The maximum Gasteiger partial charge on any atom is 0.303 e. The van der Waals surface area contributed by atoms with E-state index in [0.29, 0.717) is 6.42 Å². The molecule has 1 heterocycles. The Bertz CT molecular complexity index is 274. The second-order valence-corrected chi connectivity index (χ2v) is 2.83. The number of nitrogens with zero attached hydrogens (tertiary/aromatic N) is 1. The Morgan fingerprint density at radius 2 is 2.46 bits per heavy atom. The number of carboxylic acid groups (broad SMARTS) is 1. The van der Waals surface area contributed by atoms with E-state index >= 15 is 0 Å². The summed E-state index contributed by atoms with van der Waals surface area (Å²) >= 11 is 0. The van der Waals surface area contributed by atoms with Crippen molar-refractivity contribution in [3.63, 3.8) is 0 Å². The lowest BCUT2D eigenvalue weighted by Gasteiger charge is -2.08. The van der Waals surface area contributed by atoms with Crippen LogP contribution in [0.5, 0.6) is 0 Å². The zero-order chi connectivity index (χ0) is 9.68. The molecule has 1 aromatic rings. The van der Waals surface area contributed by atoms with Gasteiger partial charge in [0.2, 0.25) is 0 Å². The Morgan fingerprint density at radius 1 is 1.69 bits per heavy atom. The van der Waals surface area contributed by atoms with Crippen molar-refractivity contribution in [1.82, 2.24) is 4.98 Å². The van der Waals surface area contributed by atoms with E-state index in [2.05, 4.69) is 4.98 Å². The first kappa shape index (κ1) is 9.67. The van der Waals surface area contributed by atoms with Crippen molar-refractivity contribution in [1.29, 1.82) is 0 Å². The molecule has 13 heavy (non-hydrogen) atoms. The van der Waals surface area contributed by atoms with Gasteiger partial charge in [0.05, 0.1) is 0 Å². The largest absolute Gasteiger partial charge is 0.481 e. The van der Waals surface area contributed by atoms with Crippen molar-refractivity contribution < 1.29 is 9.90 Å². The highest BCUT2D eigenvalue weighted by Gasteiger charge is 2.07. The summed E-state index contributed by atoms with van der Waals surface area (Å²) in [6.45, 7) is 0. The van der Waals surface area contributed by atoms with Gasteiger partial charge >= 0.3 is 5.97 Å². The molecule has 0 aromatic carbocycles. The summed E-state index contributed by atoms with van der Waals surface area (Å²) in [5.41, 5.74) is 6.62. The van der Waals surface area contributed by atoms with E-state index < -0.39 is 5.97 Å². The number of aromatic nitrogens is 1. The van der Waals surface area contributed by atoms with E-state index in [0.717, 1.165) is 5.56 Å². The molecule has 4 nitrogen and oxygen atoms in total. The van der Waals surface area contributed by atoms with Crippen LogP contribution in [0, 0.1) is 0 Å². The minimum absolute atomic E-state index is 0.0933. The molecule has 1 rings (SSSR count). The average molecular weight is 180 g/mol. The SMILES string of the molecule is NC(CCC(=O)O)c1cccnc1. The van der Waals surface area contributed by atoms with E-state index in [9.17, 15) is 4.79 Å². The molecule has 4 heteroatoms. The van der Waals surface area contributed by atoms with E-state index in [1.54, 1.807) is 18.5 Å². The summed E-state index contributed by atoms with van der Waals surface area (Å²) in [7, 11) is 0. The Kier molecular flexibility index (Phi) is 3.40. The van der Waals surface area contributed by atoms with Gasteiger partial charge in [-0.25, -0.2) is 0 Å². The third kappa shape index (κ3) is 3.21. The highest BCUT2D eigenvalue weighted by Crippen LogP contribution is 2.13. The molecular weight excluding hydrogens is 168 g/mol. The summed E-state index contributed by atoms with van der Waals surface area (Å²) in [6, 6.07) is 3.40. The topological polar surface area (TPSA) is 76.2 Å². The van der Waals surface area contributed by atoms with Crippen LogP contribution in [0.15, 0.2) is 24.5 Å². The summed E-state index contributed by atoms with van der Waals surface area (Å²) < 4.78 is 0. The van der Waals surface area contributed by atoms with Crippen molar-refractivity contribution in [2.75, 3.05) is 0 Å². The molecule has 3 N–H and O–H groups in total. The second-order valence-electron chi connectivity index (χ2n) is 2.83. The predicted octanol–water partition coefficient (Wildman–Crippen LogP) is 0.946. The van der Waals surface area contributed by atoms with Crippen molar-refractivity contribution in [3.8, 4) is 0 Å². The number of aliphatic carboxylic acids is 1. The van der Waals surface area contributed by atoms with Crippen LogP contribution < -0.4 is 5.73 Å². The lowest BCUT2D eigenvalue weighted by atomic mass is 10.1. The number of carbonyl (C=O) groups is 1. The van der Waals surface area contributed by atoms with Gasteiger partial charge in [-0.2, -0.15) is 0 Å². The van der Waals surface area contributed by atoms with Gasteiger partial charge in [-0.05, 0) is 18.1 Å². The molecule has 1 unspecified atom stereocenters. The molecule has 0 aliphatic carbocycles. The Morgan fingerprint density at radius 3 is 3.00 bits per heavy atom. The van der Waals surface area contributed by atoms with Gasteiger partial charge in [0.25, 0.3) is 0 Å². The average Bonchev–Trinajstić information content (AvgIpc) is 2.15. The highest BCUT2D eigenvalue weighted by atomic mass is 16.4. The third-order valence-corrected chi connectivity index (χ3v) is 1.78. The Hall–Kier alpha value is -1.42. The Balaban J connectivity index is 2.49. The first-order valence-electron chi connectivity index (χ1n) is 4.07. The number of hydrogen-bond acceptors (Lipinski definition) is 3. The molecule has 0 spiro atoms. The Labute approximate surface area is 76.4 Å². The monoisotopic (exact) mass is 180 g/mol. The number of nitrogens with two attached hydrogens (primary N) is 1. The summed E-state index contributed by atoms with van der Waals surface area (Å²) in [4.78, 5) is 14.2. The number of pyridine rings is 1. The van der Waals surface area contributed by atoms with Crippen LogP contribution in [0.3, 0.4) is 0 Å². The van der Waals surface area contributed by atoms with Crippen LogP contribution in [-0.2, 0) is 4.79 Å². The van der Waals surface area contributed by atoms with E-state index in [4.69, 9.17) is 10.8 Å². The second kappa shape index (κ2) is 4.57. The molecule has 0 saturated heterocycles. The van der Waals surface area contributed by atoms with Gasteiger partial charge < -0.3 is 10.8 Å². The molecule has 0 saturated carbocycles. The molecule has 1 aromatic heterocycles. The number of rotatable bonds is 4. The quantitative estimate of drug-likeness (QED) is 0.723. The van der Waals surface area contributed by atoms with Gasteiger partial charge in [-0.3, -0.25) is 9.78 Å². The van der Waals surface area contributed by atoms with Gasteiger partial charge in [-0.15, -0.1) is 0 Å². The predicted molar refractivity (Wildman–Crippen MR) is 48.0 cm³/mol. The lowest BCUT2D eigenvalue weighted by Crippen LogP contribution is -2.12. The molecule has 70 valence electrons. The van der Waals surface area contributed by atoms with Crippen LogP contribution in [0.1, 0.15) is 24.4 Å². The van der Waals surface area contributed by atoms with Gasteiger partial charge in [0, 0.05) is 24.9 Å². The maximum absolute atomic E-state index is 10.3. The smallest absolute Gasteiger partial charge is 0.303 e. The van der Waals surface area contributed by atoms with Crippen LogP contribution in [0.25, 0.3) is 0 Å². The summed E-state index contributed by atoms with van der Waals surface area (Å²) in [5.74, 6) is -0.820. The fourth-order valence-electron chi connectivity index (χ4n) is 1.04. The van der Waals surface area contributed by atoms with Gasteiger partial charge in [-0.1, -0.05) is 6.07 Å². The first-order chi connectivity index (χ1) is 6.20. The van der Waals surface area contributed by atoms with Crippen LogP contribution in [0.2, 0.25) is 0 Å². The normalized spacial score (nSPS) is 12.4. The third-order valence-electron chi connectivity index (χ3n) is 1.78. The zero-order valence-electron chi connectivity index (χ0n) is 7.18. The van der Waals surface area contributed by atoms with E-state index in [1.165, 1.54) is 0 Å². The first-order valence-corrected chi connectivity index (χ1v) is 4.07. The molecule has 0 fully saturated rings. The number of hydrogen-bond donors (Lipinski definition) is 2. The molecule has 0 radical (unpaired) electrons. The zero-order valence-corrected chi connectivity index (χ0v) is 7.18. The van der Waals surface area contributed by atoms with Crippen molar-refractivity contribution >= 4 is 5.97 Å². The van der Waals surface area contributed by atoms with E-state index in [1.807, 2.05) is 6.07 Å². The fourth-order valence-corrected chi connectivity index (χ4v) is 1.04. The fraction of sp³-hybridized carbons (Fsp3) is 0.333. The standard InChI is InChI=1S/C9H12N2O2/c10-8(3-4-9(12)13)7-2-1-5-11-6-7/h1-2,5-6,8H,3-4,10H2,(H,12,13). The molecule has 0 aliphatic rings. The molecule has 1 atom stereocenters. The minimum atomic E-state index is -0.820. The molecule has 0 bridgehead atoms. The minimum Gasteiger partial charge on any atom is -0.481 e. The molecule has 0 aliphatic heterocycles. The maximum atomic E-state index is 10.3. The summed E-state index contributed by atoms with van der Waals surface area (Å²) in [5, 5.41) is 8.44. The van der Waals surface area contributed by atoms with Gasteiger partial charge in [0.1, 0.15) is 0 Å². The van der Waals surface area contributed by atoms with Gasteiger partial charge in [0.15, 0.2) is 0 Å². The van der Waals surface area contributed by atoms with Crippen LogP contribution in [-0.4, -0.2) is 16.1 Å². The molecular formula is C9H12N2O2. The molecule has 0 amide bonds. The van der Waals surface area contributed by atoms with Crippen LogP contribution >= 0.6 is 0 Å². The summed E-state index contributed by atoms with van der Waals surface area (Å²) in [6.07, 6.45) is 3.86. The highest BCUT2D eigenvalue weighted by molar-refractivity contribution is 5.66. The van der Waals surface area contributed by atoms with Crippen LogP contribution in [0.4, 0.5) is 0 Å². The van der Waals surface area contributed by atoms with Crippen molar-refractivity contribution in [3.05, 3.63) is 30.1 Å². The van der Waals surface area contributed by atoms with Crippen molar-refractivity contribution in [2.24, 2.45) is 5.73 Å².